The first-order valence-corrected chi connectivity index (χ1v) is 9.23. The van der Waals surface area contributed by atoms with Gasteiger partial charge in [-0.25, -0.2) is 4.79 Å². The maximum atomic E-state index is 11.9. The predicted octanol–water partition coefficient (Wildman–Crippen LogP) is 2.35. The van der Waals surface area contributed by atoms with Crippen molar-refractivity contribution in [2.45, 2.75) is 38.4 Å². The summed E-state index contributed by atoms with van der Waals surface area (Å²) in [4.78, 5) is 23.5. The third-order valence-corrected chi connectivity index (χ3v) is 4.45. The van der Waals surface area contributed by atoms with Gasteiger partial charge in [-0.15, -0.1) is 10.2 Å². The first-order valence-electron chi connectivity index (χ1n) is 8.24. The molecule has 0 aliphatic rings. The SMILES string of the molecule is CCCCNC(=O)NC(=O)CSc1nnc(C)n1Cc1ccccc1. The minimum atomic E-state index is -0.457. The van der Waals surface area contributed by atoms with Gasteiger partial charge in [0.25, 0.3) is 0 Å². The van der Waals surface area contributed by atoms with Crippen LogP contribution in [-0.4, -0.2) is 39.0 Å². The lowest BCUT2D eigenvalue weighted by atomic mass is 10.2. The molecule has 7 nitrogen and oxygen atoms in total. The summed E-state index contributed by atoms with van der Waals surface area (Å²) in [7, 11) is 0. The average Bonchev–Trinajstić information content (AvgIpc) is 2.94. The van der Waals surface area contributed by atoms with E-state index in [-0.39, 0.29) is 11.7 Å². The van der Waals surface area contributed by atoms with Crippen molar-refractivity contribution in [3.63, 3.8) is 0 Å². The Morgan fingerprint density at radius 1 is 1.20 bits per heavy atom. The van der Waals surface area contributed by atoms with E-state index >= 15 is 0 Å². The van der Waals surface area contributed by atoms with Crippen molar-refractivity contribution < 1.29 is 9.59 Å². The minimum Gasteiger partial charge on any atom is -0.338 e. The van der Waals surface area contributed by atoms with Crippen LogP contribution in [0.4, 0.5) is 4.79 Å². The maximum absolute atomic E-state index is 11.9. The Balaban J connectivity index is 1.86. The molecular formula is C17H23N5O2S. The van der Waals surface area contributed by atoms with Crippen LogP contribution in [-0.2, 0) is 11.3 Å². The van der Waals surface area contributed by atoms with Crippen LogP contribution < -0.4 is 10.6 Å². The highest BCUT2D eigenvalue weighted by molar-refractivity contribution is 7.99. The molecule has 0 bridgehead atoms. The zero-order valence-corrected chi connectivity index (χ0v) is 15.3. The summed E-state index contributed by atoms with van der Waals surface area (Å²) in [6.45, 7) is 5.12. The topological polar surface area (TPSA) is 88.9 Å². The average molecular weight is 361 g/mol. The molecule has 0 fully saturated rings. The molecule has 25 heavy (non-hydrogen) atoms. The van der Waals surface area contributed by atoms with Gasteiger partial charge in [0.05, 0.1) is 12.3 Å². The highest BCUT2D eigenvalue weighted by Gasteiger charge is 2.13. The number of unbranched alkanes of at least 4 members (excludes halogenated alkanes) is 1. The number of nitrogens with one attached hydrogen (secondary N) is 2. The second-order valence-electron chi connectivity index (χ2n) is 5.55. The molecule has 0 atom stereocenters. The number of carbonyl (C=O) groups excluding carboxylic acids is 2. The van der Waals surface area contributed by atoms with Gasteiger partial charge in [-0.05, 0) is 18.9 Å². The maximum Gasteiger partial charge on any atom is 0.321 e. The molecule has 0 aliphatic heterocycles. The van der Waals surface area contributed by atoms with Crippen molar-refractivity contribution in [3.05, 3.63) is 41.7 Å². The molecule has 1 aromatic heterocycles. The number of aryl methyl sites for hydroxylation is 1. The fourth-order valence-corrected chi connectivity index (χ4v) is 2.92. The van der Waals surface area contributed by atoms with Gasteiger partial charge >= 0.3 is 6.03 Å². The van der Waals surface area contributed by atoms with Crippen LogP contribution in [0, 0.1) is 6.92 Å². The van der Waals surface area contributed by atoms with Gasteiger partial charge in [0.15, 0.2) is 5.16 Å². The lowest BCUT2D eigenvalue weighted by Gasteiger charge is -2.09. The molecule has 0 saturated heterocycles. The van der Waals surface area contributed by atoms with Crippen molar-refractivity contribution in [1.29, 1.82) is 0 Å². The zero-order chi connectivity index (χ0) is 18.1. The third-order valence-electron chi connectivity index (χ3n) is 3.49. The van der Waals surface area contributed by atoms with E-state index in [9.17, 15) is 9.59 Å². The van der Waals surface area contributed by atoms with Crippen LogP contribution >= 0.6 is 11.8 Å². The van der Waals surface area contributed by atoms with Crippen molar-refractivity contribution in [2.24, 2.45) is 0 Å². The molecule has 2 N–H and O–H groups in total. The fraction of sp³-hybridized carbons (Fsp3) is 0.412. The van der Waals surface area contributed by atoms with Crippen LogP contribution in [0.25, 0.3) is 0 Å². The summed E-state index contributed by atoms with van der Waals surface area (Å²) in [5.41, 5.74) is 1.13. The highest BCUT2D eigenvalue weighted by Crippen LogP contribution is 2.18. The number of imide groups is 1. The Kier molecular flexibility index (Phi) is 7.46. The molecule has 0 saturated carbocycles. The molecule has 0 radical (unpaired) electrons. The van der Waals surface area contributed by atoms with E-state index in [4.69, 9.17) is 0 Å². The first kappa shape index (κ1) is 19.0. The molecule has 0 spiro atoms. The van der Waals surface area contributed by atoms with E-state index < -0.39 is 6.03 Å². The Bertz CT molecular complexity index is 702. The molecule has 134 valence electrons. The number of aromatic nitrogens is 3. The quantitative estimate of drug-likeness (QED) is 0.556. The second kappa shape index (κ2) is 9.83. The fourth-order valence-electron chi connectivity index (χ4n) is 2.13. The van der Waals surface area contributed by atoms with Gasteiger partial charge < -0.3 is 9.88 Å². The molecular weight excluding hydrogens is 338 g/mol. The van der Waals surface area contributed by atoms with Crippen LogP contribution in [0.2, 0.25) is 0 Å². The lowest BCUT2D eigenvalue weighted by molar-refractivity contribution is -0.117. The van der Waals surface area contributed by atoms with Crippen LogP contribution in [0.15, 0.2) is 35.5 Å². The summed E-state index contributed by atoms with van der Waals surface area (Å²) in [6.07, 6.45) is 1.87. The minimum absolute atomic E-state index is 0.105. The summed E-state index contributed by atoms with van der Waals surface area (Å²) in [6, 6.07) is 9.52. The van der Waals surface area contributed by atoms with Crippen LogP contribution in [0.1, 0.15) is 31.2 Å². The summed E-state index contributed by atoms with van der Waals surface area (Å²) < 4.78 is 1.95. The molecule has 3 amide bonds. The molecule has 0 unspecified atom stereocenters. The summed E-state index contributed by atoms with van der Waals surface area (Å²) in [5, 5.41) is 13.8. The Hall–Kier alpha value is -2.35. The molecule has 1 aromatic carbocycles. The number of nitrogens with zero attached hydrogens (tertiary/aromatic N) is 3. The Morgan fingerprint density at radius 2 is 1.96 bits per heavy atom. The van der Waals surface area contributed by atoms with Gasteiger partial charge in [0.2, 0.25) is 5.91 Å². The lowest BCUT2D eigenvalue weighted by Crippen LogP contribution is -2.40. The van der Waals surface area contributed by atoms with Crippen LogP contribution in [0.3, 0.4) is 0 Å². The normalized spacial score (nSPS) is 10.5. The van der Waals surface area contributed by atoms with E-state index in [1.54, 1.807) is 0 Å². The van der Waals surface area contributed by atoms with Crippen molar-refractivity contribution in [3.8, 4) is 0 Å². The van der Waals surface area contributed by atoms with E-state index in [0.29, 0.717) is 18.2 Å². The molecule has 0 aliphatic carbocycles. The second-order valence-corrected chi connectivity index (χ2v) is 6.49. The summed E-state index contributed by atoms with van der Waals surface area (Å²) in [5.74, 6) is 0.531. The Morgan fingerprint density at radius 3 is 2.68 bits per heavy atom. The van der Waals surface area contributed by atoms with Crippen molar-refractivity contribution >= 4 is 23.7 Å². The number of carbonyl (C=O) groups is 2. The highest BCUT2D eigenvalue weighted by atomic mass is 32.2. The van der Waals surface area contributed by atoms with Gasteiger partial charge in [0, 0.05) is 6.54 Å². The largest absolute Gasteiger partial charge is 0.338 e. The van der Waals surface area contributed by atoms with E-state index in [2.05, 4.69) is 20.8 Å². The van der Waals surface area contributed by atoms with Gasteiger partial charge in [-0.2, -0.15) is 0 Å². The number of hydrogen-bond donors (Lipinski definition) is 2. The zero-order valence-electron chi connectivity index (χ0n) is 14.5. The smallest absolute Gasteiger partial charge is 0.321 e. The van der Waals surface area contributed by atoms with Gasteiger partial charge in [-0.3, -0.25) is 10.1 Å². The number of benzene rings is 1. The number of amides is 3. The third kappa shape index (κ3) is 6.22. The van der Waals surface area contributed by atoms with E-state index in [0.717, 1.165) is 24.2 Å². The van der Waals surface area contributed by atoms with Gasteiger partial charge in [-0.1, -0.05) is 55.4 Å². The van der Waals surface area contributed by atoms with Crippen molar-refractivity contribution in [1.82, 2.24) is 25.4 Å². The summed E-state index contributed by atoms with van der Waals surface area (Å²) >= 11 is 1.26. The van der Waals surface area contributed by atoms with E-state index in [1.807, 2.05) is 48.7 Å². The number of hydrogen-bond acceptors (Lipinski definition) is 5. The monoisotopic (exact) mass is 361 g/mol. The first-order chi connectivity index (χ1) is 12.1. The van der Waals surface area contributed by atoms with E-state index in [1.165, 1.54) is 11.8 Å². The van der Waals surface area contributed by atoms with Crippen LogP contribution in [0.5, 0.6) is 0 Å². The number of urea groups is 1. The molecule has 1 heterocycles. The molecule has 8 heteroatoms. The number of rotatable bonds is 8. The van der Waals surface area contributed by atoms with Gasteiger partial charge in [0.1, 0.15) is 5.82 Å². The standard InChI is InChI=1S/C17H23N5O2S/c1-3-4-10-18-16(24)19-15(23)12-25-17-21-20-13(2)22(17)11-14-8-6-5-7-9-14/h5-9H,3-4,10-12H2,1-2H3,(H2,18,19,23,24). The molecule has 2 aromatic rings. The predicted molar refractivity (Wildman–Crippen MR) is 97.5 cm³/mol. The van der Waals surface area contributed by atoms with Crippen molar-refractivity contribution in [2.75, 3.05) is 12.3 Å². The Labute approximate surface area is 151 Å². The number of thioether (sulfide) groups is 1. The molecule has 2 rings (SSSR count).